The lowest BCUT2D eigenvalue weighted by atomic mass is 10.1. The zero-order valence-electron chi connectivity index (χ0n) is 11.4. The molecule has 0 spiro atoms. The molecule has 110 valence electrons. The predicted molar refractivity (Wildman–Crippen MR) is 78.7 cm³/mol. The Morgan fingerprint density at radius 2 is 1.67 bits per heavy atom. The van der Waals surface area contributed by atoms with Crippen molar-refractivity contribution in [3.05, 3.63) is 66.0 Å². The molecular formula is C16H16FNO2S. The van der Waals surface area contributed by atoms with Crippen molar-refractivity contribution in [1.82, 2.24) is 4.31 Å². The summed E-state index contributed by atoms with van der Waals surface area (Å²) in [6, 6.07) is 14.3. The van der Waals surface area contributed by atoms with Crippen LogP contribution >= 0.6 is 0 Å². The number of halogens is 1. The molecule has 0 aromatic heterocycles. The molecule has 0 bridgehead atoms. The number of sulfonamides is 1. The van der Waals surface area contributed by atoms with Crippen molar-refractivity contribution >= 4 is 10.0 Å². The Hall–Kier alpha value is -1.72. The number of benzene rings is 2. The lowest BCUT2D eigenvalue weighted by Gasteiger charge is -2.24. The van der Waals surface area contributed by atoms with Gasteiger partial charge in [0, 0.05) is 12.1 Å². The first kappa shape index (κ1) is 14.2. The Kier molecular flexibility index (Phi) is 3.78. The van der Waals surface area contributed by atoms with Gasteiger partial charge in [-0.25, -0.2) is 12.8 Å². The van der Waals surface area contributed by atoms with Gasteiger partial charge in [0.05, 0.1) is 10.9 Å². The van der Waals surface area contributed by atoms with Crippen molar-refractivity contribution in [2.24, 2.45) is 0 Å². The van der Waals surface area contributed by atoms with E-state index in [0.717, 1.165) is 6.42 Å². The van der Waals surface area contributed by atoms with Crippen LogP contribution < -0.4 is 0 Å². The van der Waals surface area contributed by atoms with Gasteiger partial charge in [-0.2, -0.15) is 4.31 Å². The van der Waals surface area contributed by atoms with E-state index in [-0.39, 0.29) is 10.7 Å². The minimum Gasteiger partial charge on any atom is -0.207 e. The molecule has 3 nitrogen and oxygen atoms in total. The van der Waals surface area contributed by atoms with Gasteiger partial charge in [0.1, 0.15) is 5.82 Å². The van der Waals surface area contributed by atoms with Gasteiger partial charge in [-0.1, -0.05) is 36.4 Å². The lowest BCUT2D eigenvalue weighted by molar-refractivity contribution is 0.386. The summed E-state index contributed by atoms with van der Waals surface area (Å²) in [5.74, 6) is -0.349. The molecule has 1 saturated heterocycles. The smallest absolute Gasteiger partial charge is 0.207 e. The molecule has 2 aromatic rings. The van der Waals surface area contributed by atoms with Crippen molar-refractivity contribution in [3.8, 4) is 0 Å². The summed E-state index contributed by atoms with van der Waals surface area (Å²) in [6.45, 7) is 0.427. The maximum Gasteiger partial charge on any atom is 0.243 e. The molecule has 0 aliphatic carbocycles. The third-order valence-electron chi connectivity index (χ3n) is 3.82. The van der Waals surface area contributed by atoms with Crippen molar-refractivity contribution in [1.29, 1.82) is 0 Å². The van der Waals surface area contributed by atoms with Gasteiger partial charge in [0.25, 0.3) is 0 Å². The maximum atomic E-state index is 14.0. The molecule has 2 aromatic carbocycles. The Balaban J connectivity index is 2.00. The lowest BCUT2D eigenvalue weighted by Crippen LogP contribution is -2.31. The van der Waals surface area contributed by atoms with Crippen LogP contribution in [0, 0.1) is 5.82 Å². The van der Waals surface area contributed by atoms with Gasteiger partial charge < -0.3 is 0 Å². The average molecular weight is 305 g/mol. The number of hydrogen-bond acceptors (Lipinski definition) is 2. The van der Waals surface area contributed by atoms with Crippen LogP contribution in [0.4, 0.5) is 4.39 Å². The molecule has 1 aliphatic heterocycles. The van der Waals surface area contributed by atoms with Crippen molar-refractivity contribution in [2.75, 3.05) is 6.54 Å². The summed E-state index contributed by atoms with van der Waals surface area (Å²) in [5, 5.41) is 0. The van der Waals surface area contributed by atoms with E-state index >= 15 is 0 Å². The van der Waals surface area contributed by atoms with Crippen LogP contribution in [0.1, 0.15) is 24.4 Å². The molecule has 5 heteroatoms. The van der Waals surface area contributed by atoms with Crippen molar-refractivity contribution in [2.45, 2.75) is 23.8 Å². The molecule has 1 heterocycles. The quantitative estimate of drug-likeness (QED) is 0.872. The fraction of sp³-hybridized carbons (Fsp3) is 0.250. The summed E-state index contributed by atoms with van der Waals surface area (Å²) >= 11 is 0. The van der Waals surface area contributed by atoms with Gasteiger partial charge >= 0.3 is 0 Å². The summed E-state index contributed by atoms with van der Waals surface area (Å²) < 4.78 is 40.9. The van der Waals surface area contributed by atoms with Crippen LogP contribution in [0.15, 0.2) is 59.5 Å². The highest BCUT2D eigenvalue weighted by Crippen LogP contribution is 2.37. The van der Waals surface area contributed by atoms with Crippen LogP contribution in [0.25, 0.3) is 0 Å². The SMILES string of the molecule is O=S(=O)(c1ccccc1)N1CCCC1c1ccccc1F. The maximum absolute atomic E-state index is 14.0. The highest BCUT2D eigenvalue weighted by molar-refractivity contribution is 7.89. The highest BCUT2D eigenvalue weighted by Gasteiger charge is 2.37. The zero-order valence-corrected chi connectivity index (χ0v) is 12.3. The Morgan fingerprint density at radius 3 is 2.38 bits per heavy atom. The number of rotatable bonds is 3. The highest BCUT2D eigenvalue weighted by atomic mass is 32.2. The molecule has 1 unspecified atom stereocenters. The van der Waals surface area contributed by atoms with E-state index in [9.17, 15) is 12.8 Å². The third-order valence-corrected chi connectivity index (χ3v) is 5.74. The van der Waals surface area contributed by atoms with Crippen LogP contribution in [0.5, 0.6) is 0 Å². The Morgan fingerprint density at radius 1 is 1.00 bits per heavy atom. The zero-order chi connectivity index (χ0) is 14.9. The molecule has 0 radical (unpaired) electrons. The molecule has 0 saturated carbocycles. The van der Waals surface area contributed by atoms with E-state index in [0.29, 0.717) is 18.5 Å². The van der Waals surface area contributed by atoms with Crippen LogP contribution in [0.3, 0.4) is 0 Å². The Labute approximate surface area is 124 Å². The second-order valence-corrected chi connectivity index (χ2v) is 7.00. The van der Waals surface area contributed by atoms with E-state index < -0.39 is 16.1 Å². The summed E-state index contributed by atoms with van der Waals surface area (Å²) in [5.41, 5.74) is 0.453. The first-order valence-corrected chi connectivity index (χ1v) is 8.36. The van der Waals surface area contributed by atoms with Crippen LogP contribution in [0.2, 0.25) is 0 Å². The molecule has 1 aliphatic rings. The molecule has 0 N–H and O–H groups in total. The van der Waals surface area contributed by atoms with Gasteiger partial charge in [0.15, 0.2) is 0 Å². The topological polar surface area (TPSA) is 37.4 Å². The second kappa shape index (κ2) is 5.58. The number of nitrogens with zero attached hydrogens (tertiary/aromatic N) is 1. The predicted octanol–water partition coefficient (Wildman–Crippen LogP) is 3.35. The summed E-state index contributed by atoms with van der Waals surface area (Å²) in [4.78, 5) is 0.258. The average Bonchev–Trinajstić information content (AvgIpc) is 2.99. The second-order valence-electron chi connectivity index (χ2n) is 5.11. The fourth-order valence-corrected chi connectivity index (χ4v) is 4.51. The van der Waals surface area contributed by atoms with Crippen LogP contribution in [-0.4, -0.2) is 19.3 Å². The molecule has 21 heavy (non-hydrogen) atoms. The third kappa shape index (κ3) is 2.59. The van der Waals surface area contributed by atoms with Gasteiger partial charge in [-0.15, -0.1) is 0 Å². The molecule has 0 amide bonds. The molecule has 1 fully saturated rings. The van der Waals surface area contributed by atoms with E-state index in [2.05, 4.69) is 0 Å². The largest absolute Gasteiger partial charge is 0.243 e. The van der Waals surface area contributed by atoms with Gasteiger partial charge in [-0.3, -0.25) is 0 Å². The monoisotopic (exact) mass is 305 g/mol. The van der Waals surface area contributed by atoms with Gasteiger partial charge in [0.2, 0.25) is 10.0 Å². The van der Waals surface area contributed by atoms with E-state index in [1.54, 1.807) is 48.5 Å². The standard InChI is InChI=1S/C16H16FNO2S/c17-15-10-5-4-9-14(15)16-11-6-12-18(16)21(19,20)13-7-2-1-3-8-13/h1-5,7-10,16H,6,11-12H2. The molecule has 1 atom stereocenters. The van der Waals surface area contributed by atoms with Crippen LogP contribution in [-0.2, 0) is 10.0 Å². The van der Waals surface area contributed by atoms with E-state index in [1.165, 1.54) is 10.4 Å². The number of hydrogen-bond donors (Lipinski definition) is 0. The minimum absolute atomic E-state index is 0.258. The minimum atomic E-state index is -3.59. The summed E-state index contributed by atoms with van der Waals surface area (Å²) in [7, 11) is -3.59. The van der Waals surface area contributed by atoms with E-state index in [1.807, 2.05) is 0 Å². The first-order chi connectivity index (χ1) is 10.1. The molecular weight excluding hydrogens is 289 g/mol. The summed E-state index contributed by atoms with van der Waals surface area (Å²) in [6.07, 6.45) is 1.39. The van der Waals surface area contributed by atoms with Crippen molar-refractivity contribution in [3.63, 3.8) is 0 Å². The van der Waals surface area contributed by atoms with Crippen molar-refractivity contribution < 1.29 is 12.8 Å². The molecule has 3 rings (SSSR count). The fourth-order valence-electron chi connectivity index (χ4n) is 2.81. The van der Waals surface area contributed by atoms with E-state index in [4.69, 9.17) is 0 Å². The Bertz CT molecular complexity index is 731. The first-order valence-electron chi connectivity index (χ1n) is 6.92. The normalized spacial score (nSPS) is 19.8. The van der Waals surface area contributed by atoms with Gasteiger partial charge in [-0.05, 0) is 31.0 Å².